The maximum atomic E-state index is 4.42. The largest absolute Gasteiger partial charge is 0.357 e. The summed E-state index contributed by atoms with van der Waals surface area (Å²) in [6.07, 6.45) is 1.77. The lowest BCUT2D eigenvalue weighted by Crippen LogP contribution is -2.06. The van der Waals surface area contributed by atoms with Crippen LogP contribution >= 0.6 is 0 Å². The number of nitrogens with one attached hydrogen (secondary N) is 1. The summed E-state index contributed by atoms with van der Waals surface area (Å²) >= 11 is 0. The second kappa shape index (κ2) is 4.06. The van der Waals surface area contributed by atoms with Crippen LogP contribution in [0.5, 0.6) is 0 Å². The topological polar surface area (TPSA) is 68.5 Å². The zero-order valence-corrected chi connectivity index (χ0v) is 10.1. The lowest BCUT2D eigenvalue weighted by atomic mass is 10.3. The van der Waals surface area contributed by atoms with Crippen LogP contribution in [0.4, 0.5) is 5.95 Å². The molecule has 0 atom stereocenters. The van der Waals surface area contributed by atoms with Crippen molar-refractivity contribution in [3.63, 3.8) is 0 Å². The molecule has 1 N–H and O–H groups in total. The zero-order chi connectivity index (χ0) is 12.5. The first kappa shape index (κ1) is 10.6. The number of fused-ring (bicyclic) bond motifs is 1. The minimum absolute atomic E-state index is 0.565. The molecule has 0 bridgehead atoms. The van der Waals surface area contributed by atoms with Crippen molar-refractivity contribution in [1.82, 2.24) is 25.0 Å². The number of hydrogen-bond donors (Lipinski definition) is 1. The highest BCUT2D eigenvalue weighted by Crippen LogP contribution is 2.17. The number of rotatable bonds is 2. The van der Waals surface area contributed by atoms with Crippen LogP contribution in [0.2, 0.25) is 0 Å². The predicted octanol–water partition coefficient (Wildman–Crippen LogP) is 1.56. The number of benzene rings is 1. The fourth-order valence-corrected chi connectivity index (χ4v) is 1.79. The van der Waals surface area contributed by atoms with Crippen molar-refractivity contribution >= 4 is 17.0 Å². The van der Waals surface area contributed by atoms with E-state index in [1.54, 1.807) is 17.9 Å². The highest BCUT2D eigenvalue weighted by Gasteiger charge is 2.10. The van der Waals surface area contributed by atoms with Crippen LogP contribution < -0.4 is 5.32 Å². The molecular formula is C12H12N6. The molecular weight excluding hydrogens is 228 g/mol. The average molecular weight is 240 g/mol. The van der Waals surface area contributed by atoms with Gasteiger partial charge in [0.05, 0.1) is 5.52 Å². The molecule has 90 valence electrons. The van der Waals surface area contributed by atoms with E-state index in [4.69, 9.17) is 0 Å². The number of hydrogen-bond acceptors (Lipinski definition) is 5. The molecule has 0 aliphatic rings. The second-order valence-electron chi connectivity index (χ2n) is 3.94. The molecule has 3 rings (SSSR count). The van der Waals surface area contributed by atoms with E-state index in [9.17, 15) is 0 Å². The van der Waals surface area contributed by atoms with E-state index in [0.29, 0.717) is 5.95 Å². The van der Waals surface area contributed by atoms with E-state index in [2.05, 4.69) is 25.6 Å². The van der Waals surface area contributed by atoms with E-state index in [-0.39, 0.29) is 0 Å². The third kappa shape index (κ3) is 1.58. The molecule has 0 aliphatic heterocycles. The Balaban J connectivity index is 2.25. The lowest BCUT2D eigenvalue weighted by molar-refractivity contribution is 0.791. The Morgan fingerprint density at radius 2 is 2.06 bits per heavy atom. The van der Waals surface area contributed by atoms with Crippen LogP contribution in [0, 0.1) is 6.92 Å². The van der Waals surface area contributed by atoms with Crippen molar-refractivity contribution in [2.45, 2.75) is 6.92 Å². The Labute approximate surface area is 104 Å². The van der Waals surface area contributed by atoms with Crippen molar-refractivity contribution in [2.75, 3.05) is 12.4 Å². The molecule has 0 saturated carbocycles. The van der Waals surface area contributed by atoms with Gasteiger partial charge in [0, 0.05) is 18.8 Å². The molecule has 0 saturated heterocycles. The van der Waals surface area contributed by atoms with Crippen LogP contribution in [0.1, 0.15) is 5.56 Å². The molecule has 0 amide bonds. The molecule has 2 heterocycles. The minimum Gasteiger partial charge on any atom is -0.357 e. The van der Waals surface area contributed by atoms with E-state index in [1.807, 2.05) is 31.2 Å². The predicted molar refractivity (Wildman–Crippen MR) is 68.7 cm³/mol. The summed E-state index contributed by atoms with van der Waals surface area (Å²) in [4.78, 5) is 8.59. The van der Waals surface area contributed by atoms with Crippen LogP contribution in [0.15, 0.2) is 30.5 Å². The first-order valence-corrected chi connectivity index (χ1v) is 5.62. The standard InChI is InChI=1S/C12H12N6/c1-8-7-14-12(13-2)15-11(8)18-10-6-4-3-5-9(10)16-17-18/h3-7H,1-2H3,(H,13,14,15). The first-order chi connectivity index (χ1) is 8.79. The van der Waals surface area contributed by atoms with Gasteiger partial charge in [0.15, 0.2) is 5.82 Å². The fourth-order valence-electron chi connectivity index (χ4n) is 1.79. The van der Waals surface area contributed by atoms with Crippen molar-refractivity contribution < 1.29 is 0 Å². The summed E-state index contributed by atoms with van der Waals surface area (Å²) in [6, 6.07) is 7.79. The molecule has 2 aromatic heterocycles. The normalized spacial score (nSPS) is 10.8. The molecule has 0 spiro atoms. The van der Waals surface area contributed by atoms with Gasteiger partial charge in [-0.05, 0) is 19.1 Å². The molecule has 0 aliphatic carbocycles. The number of nitrogens with zero attached hydrogens (tertiary/aromatic N) is 5. The van der Waals surface area contributed by atoms with Gasteiger partial charge in [-0.15, -0.1) is 5.10 Å². The summed E-state index contributed by atoms with van der Waals surface area (Å²) in [5.74, 6) is 1.30. The van der Waals surface area contributed by atoms with Gasteiger partial charge in [-0.2, -0.15) is 9.67 Å². The quantitative estimate of drug-likeness (QED) is 0.736. The van der Waals surface area contributed by atoms with Crippen LogP contribution in [0.25, 0.3) is 16.9 Å². The Kier molecular flexibility index (Phi) is 2.40. The Hall–Kier alpha value is -2.50. The van der Waals surface area contributed by atoms with Crippen molar-refractivity contribution in [3.8, 4) is 5.82 Å². The van der Waals surface area contributed by atoms with Crippen molar-refractivity contribution in [1.29, 1.82) is 0 Å². The Morgan fingerprint density at radius 1 is 1.22 bits per heavy atom. The van der Waals surface area contributed by atoms with Gasteiger partial charge in [-0.1, -0.05) is 17.3 Å². The Bertz CT molecular complexity index is 703. The SMILES string of the molecule is CNc1ncc(C)c(-n2nnc3ccccc32)n1. The maximum absolute atomic E-state index is 4.42. The molecule has 0 fully saturated rings. The van der Waals surface area contributed by atoms with Gasteiger partial charge < -0.3 is 5.32 Å². The van der Waals surface area contributed by atoms with Gasteiger partial charge in [-0.25, -0.2) is 4.98 Å². The van der Waals surface area contributed by atoms with Gasteiger partial charge in [0.25, 0.3) is 0 Å². The third-order valence-corrected chi connectivity index (χ3v) is 2.72. The Morgan fingerprint density at radius 3 is 2.89 bits per heavy atom. The summed E-state index contributed by atoms with van der Waals surface area (Å²) in [5, 5.41) is 11.2. The molecule has 0 unspecified atom stereocenters. The molecule has 18 heavy (non-hydrogen) atoms. The van der Waals surface area contributed by atoms with E-state index in [1.165, 1.54) is 0 Å². The zero-order valence-electron chi connectivity index (χ0n) is 10.1. The first-order valence-electron chi connectivity index (χ1n) is 5.62. The molecule has 6 heteroatoms. The van der Waals surface area contributed by atoms with Crippen LogP contribution in [-0.4, -0.2) is 32.0 Å². The molecule has 6 nitrogen and oxygen atoms in total. The lowest BCUT2D eigenvalue weighted by Gasteiger charge is -2.06. The van der Waals surface area contributed by atoms with E-state index < -0.39 is 0 Å². The van der Waals surface area contributed by atoms with Crippen molar-refractivity contribution in [3.05, 3.63) is 36.0 Å². The summed E-state index contributed by atoms with van der Waals surface area (Å²) in [6.45, 7) is 1.95. The maximum Gasteiger partial charge on any atom is 0.224 e. The van der Waals surface area contributed by atoms with Gasteiger partial charge >= 0.3 is 0 Å². The minimum atomic E-state index is 0.565. The smallest absolute Gasteiger partial charge is 0.224 e. The highest BCUT2D eigenvalue weighted by molar-refractivity contribution is 5.75. The van der Waals surface area contributed by atoms with Crippen LogP contribution in [0.3, 0.4) is 0 Å². The number of aromatic nitrogens is 5. The second-order valence-corrected chi connectivity index (χ2v) is 3.94. The summed E-state index contributed by atoms with van der Waals surface area (Å²) in [5.41, 5.74) is 2.73. The fraction of sp³-hybridized carbons (Fsp3) is 0.167. The summed E-state index contributed by atoms with van der Waals surface area (Å²) in [7, 11) is 1.79. The van der Waals surface area contributed by atoms with E-state index in [0.717, 1.165) is 22.4 Å². The third-order valence-electron chi connectivity index (χ3n) is 2.72. The van der Waals surface area contributed by atoms with Crippen LogP contribution in [-0.2, 0) is 0 Å². The summed E-state index contributed by atoms with van der Waals surface area (Å²) < 4.78 is 1.73. The van der Waals surface area contributed by atoms with Gasteiger partial charge in [-0.3, -0.25) is 0 Å². The average Bonchev–Trinajstić information content (AvgIpc) is 2.83. The molecule has 1 aromatic carbocycles. The number of para-hydroxylation sites is 1. The van der Waals surface area contributed by atoms with Gasteiger partial charge in [0.2, 0.25) is 5.95 Å². The molecule has 0 radical (unpaired) electrons. The number of aryl methyl sites for hydroxylation is 1. The highest BCUT2D eigenvalue weighted by atomic mass is 15.4. The van der Waals surface area contributed by atoms with Crippen molar-refractivity contribution in [2.24, 2.45) is 0 Å². The van der Waals surface area contributed by atoms with E-state index >= 15 is 0 Å². The van der Waals surface area contributed by atoms with Gasteiger partial charge in [0.1, 0.15) is 5.52 Å². The number of anilines is 1. The monoisotopic (exact) mass is 240 g/mol. The molecule has 3 aromatic rings.